The van der Waals surface area contributed by atoms with Crippen LogP contribution in [0.5, 0.6) is 0 Å². The van der Waals surface area contributed by atoms with Gasteiger partial charge >= 0.3 is 0 Å². The molecular weight excluding hydrogens is 208 g/mol. The molecule has 16 heavy (non-hydrogen) atoms. The SMILES string of the molecule is [N-]=[N+]=NCCCNC(=O)C=Cc1ccco1. The Kier molecular flexibility index (Phi) is 5.30. The quantitative estimate of drug-likeness (QED) is 0.261. The van der Waals surface area contributed by atoms with E-state index in [2.05, 4.69) is 15.3 Å². The van der Waals surface area contributed by atoms with Crippen LogP contribution in [0.2, 0.25) is 0 Å². The second-order valence-electron chi connectivity index (χ2n) is 2.95. The van der Waals surface area contributed by atoms with Crippen LogP contribution in [0.3, 0.4) is 0 Å². The van der Waals surface area contributed by atoms with E-state index in [4.69, 9.17) is 9.95 Å². The van der Waals surface area contributed by atoms with E-state index in [1.165, 1.54) is 12.3 Å². The fourth-order valence-electron chi connectivity index (χ4n) is 1.01. The molecule has 0 saturated carbocycles. The van der Waals surface area contributed by atoms with Gasteiger partial charge in [0.1, 0.15) is 5.76 Å². The van der Waals surface area contributed by atoms with E-state index >= 15 is 0 Å². The molecule has 1 N–H and O–H groups in total. The Bertz CT molecular complexity index is 391. The van der Waals surface area contributed by atoms with Crippen LogP contribution in [0.15, 0.2) is 34.0 Å². The zero-order valence-corrected chi connectivity index (χ0v) is 8.67. The van der Waals surface area contributed by atoms with E-state index in [-0.39, 0.29) is 5.91 Å². The summed E-state index contributed by atoms with van der Waals surface area (Å²) in [5, 5.41) is 6.00. The van der Waals surface area contributed by atoms with Gasteiger partial charge in [-0.1, -0.05) is 5.11 Å². The van der Waals surface area contributed by atoms with Gasteiger partial charge in [0, 0.05) is 24.1 Å². The largest absolute Gasteiger partial charge is 0.465 e. The lowest BCUT2D eigenvalue weighted by molar-refractivity contribution is -0.116. The lowest BCUT2D eigenvalue weighted by Crippen LogP contribution is -2.22. The molecule has 1 heterocycles. The first kappa shape index (κ1) is 11.9. The minimum atomic E-state index is -0.197. The number of amides is 1. The summed E-state index contributed by atoms with van der Waals surface area (Å²) in [6.07, 6.45) is 5.15. The molecule has 0 atom stereocenters. The first-order valence-corrected chi connectivity index (χ1v) is 4.83. The smallest absolute Gasteiger partial charge is 0.244 e. The molecule has 0 fully saturated rings. The van der Waals surface area contributed by atoms with E-state index < -0.39 is 0 Å². The molecule has 0 bridgehead atoms. The Labute approximate surface area is 92.6 Å². The summed E-state index contributed by atoms with van der Waals surface area (Å²) < 4.78 is 5.02. The number of rotatable bonds is 6. The molecule has 0 unspecified atom stereocenters. The maximum Gasteiger partial charge on any atom is 0.244 e. The summed E-state index contributed by atoms with van der Waals surface area (Å²) >= 11 is 0. The molecule has 0 radical (unpaired) electrons. The lowest BCUT2D eigenvalue weighted by Gasteiger charge is -1.98. The molecule has 1 rings (SSSR count). The lowest BCUT2D eigenvalue weighted by atomic mass is 10.3. The molecule has 0 aromatic carbocycles. The van der Waals surface area contributed by atoms with Gasteiger partial charge in [0.15, 0.2) is 0 Å². The second-order valence-corrected chi connectivity index (χ2v) is 2.95. The first-order valence-electron chi connectivity index (χ1n) is 4.83. The van der Waals surface area contributed by atoms with Crippen molar-refractivity contribution in [2.24, 2.45) is 5.11 Å². The standard InChI is InChI=1S/C10H12N4O2/c11-14-13-7-2-6-12-10(15)5-4-9-3-1-8-16-9/h1,3-5,8H,2,6-7H2,(H,12,15). The highest BCUT2D eigenvalue weighted by Crippen LogP contribution is 2.01. The maximum absolute atomic E-state index is 11.2. The molecule has 6 nitrogen and oxygen atoms in total. The highest BCUT2D eigenvalue weighted by molar-refractivity contribution is 5.91. The van der Waals surface area contributed by atoms with Crippen LogP contribution in [0, 0.1) is 0 Å². The van der Waals surface area contributed by atoms with Gasteiger partial charge in [-0.15, -0.1) is 0 Å². The molecule has 0 saturated heterocycles. The van der Waals surface area contributed by atoms with Gasteiger partial charge in [0.25, 0.3) is 0 Å². The molecule has 84 valence electrons. The molecule has 1 aromatic rings. The van der Waals surface area contributed by atoms with E-state index in [9.17, 15) is 4.79 Å². The van der Waals surface area contributed by atoms with Gasteiger partial charge in [0.05, 0.1) is 6.26 Å². The van der Waals surface area contributed by atoms with Crippen LogP contribution in [0.4, 0.5) is 0 Å². The normalized spacial score (nSPS) is 10.0. The van der Waals surface area contributed by atoms with Gasteiger partial charge in [-0.05, 0) is 30.2 Å². The molecule has 0 aliphatic carbocycles. The average molecular weight is 220 g/mol. The van der Waals surface area contributed by atoms with Crippen molar-refractivity contribution < 1.29 is 9.21 Å². The summed E-state index contributed by atoms with van der Waals surface area (Å²) in [5.41, 5.74) is 8.01. The summed E-state index contributed by atoms with van der Waals surface area (Å²) in [6.45, 7) is 0.874. The topological polar surface area (TPSA) is 91.0 Å². The van der Waals surface area contributed by atoms with E-state index in [0.717, 1.165) is 0 Å². The van der Waals surface area contributed by atoms with Crippen LogP contribution in [-0.2, 0) is 4.79 Å². The van der Waals surface area contributed by atoms with Crippen molar-refractivity contribution in [3.8, 4) is 0 Å². The predicted octanol–water partition coefficient (Wildman–Crippen LogP) is 2.11. The summed E-state index contributed by atoms with van der Waals surface area (Å²) in [5.74, 6) is 0.432. The van der Waals surface area contributed by atoms with Crippen molar-refractivity contribution in [3.05, 3.63) is 40.7 Å². The maximum atomic E-state index is 11.2. The van der Waals surface area contributed by atoms with Crippen molar-refractivity contribution in [1.29, 1.82) is 0 Å². The zero-order chi connectivity index (χ0) is 11.6. The van der Waals surface area contributed by atoms with Crippen molar-refractivity contribution in [2.45, 2.75) is 6.42 Å². The number of nitrogens with one attached hydrogen (secondary N) is 1. The Morgan fingerprint density at radius 2 is 2.56 bits per heavy atom. The number of azide groups is 1. The number of hydrogen-bond acceptors (Lipinski definition) is 3. The fourth-order valence-corrected chi connectivity index (χ4v) is 1.01. The van der Waals surface area contributed by atoms with Crippen LogP contribution < -0.4 is 5.32 Å². The molecular formula is C10H12N4O2. The minimum Gasteiger partial charge on any atom is -0.465 e. The second kappa shape index (κ2) is 7.14. The van der Waals surface area contributed by atoms with Gasteiger partial charge < -0.3 is 9.73 Å². The first-order chi connectivity index (χ1) is 7.83. The number of carbonyl (C=O) groups excluding carboxylic acids is 1. The molecule has 6 heteroatoms. The third-order valence-electron chi connectivity index (χ3n) is 1.74. The van der Waals surface area contributed by atoms with E-state index in [1.54, 1.807) is 18.2 Å². The van der Waals surface area contributed by atoms with Crippen LogP contribution in [0.25, 0.3) is 16.5 Å². The minimum absolute atomic E-state index is 0.197. The third-order valence-corrected chi connectivity index (χ3v) is 1.74. The molecule has 0 aliphatic heterocycles. The van der Waals surface area contributed by atoms with Crippen LogP contribution >= 0.6 is 0 Å². The molecule has 0 aliphatic rings. The van der Waals surface area contributed by atoms with Crippen LogP contribution in [0.1, 0.15) is 12.2 Å². The zero-order valence-electron chi connectivity index (χ0n) is 8.67. The average Bonchev–Trinajstić information content (AvgIpc) is 2.79. The fraction of sp³-hybridized carbons (Fsp3) is 0.300. The number of furan rings is 1. The monoisotopic (exact) mass is 220 g/mol. The molecule has 0 spiro atoms. The highest BCUT2D eigenvalue weighted by Gasteiger charge is 1.94. The molecule has 1 amide bonds. The highest BCUT2D eigenvalue weighted by atomic mass is 16.3. The Balaban J connectivity index is 2.18. The Morgan fingerprint density at radius 3 is 3.25 bits per heavy atom. The Hall–Kier alpha value is -2.20. The Morgan fingerprint density at radius 1 is 1.69 bits per heavy atom. The van der Waals surface area contributed by atoms with Gasteiger partial charge in [-0.3, -0.25) is 4.79 Å². The van der Waals surface area contributed by atoms with Gasteiger partial charge in [-0.2, -0.15) is 0 Å². The summed E-state index contributed by atoms with van der Waals surface area (Å²) in [7, 11) is 0. The molecule has 1 aromatic heterocycles. The summed E-state index contributed by atoms with van der Waals surface area (Å²) in [4.78, 5) is 13.8. The van der Waals surface area contributed by atoms with Crippen molar-refractivity contribution in [3.63, 3.8) is 0 Å². The van der Waals surface area contributed by atoms with E-state index in [1.807, 2.05) is 0 Å². The number of nitrogens with zero attached hydrogens (tertiary/aromatic N) is 3. The van der Waals surface area contributed by atoms with Gasteiger partial charge in [-0.25, -0.2) is 0 Å². The predicted molar refractivity (Wildman–Crippen MR) is 59.4 cm³/mol. The van der Waals surface area contributed by atoms with Crippen molar-refractivity contribution in [2.75, 3.05) is 13.1 Å². The number of carbonyl (C=O) groups is 1. The van der Waals surface area contributed by atoms with E-state index in [0.29, 0.717) is 25.3 Å². The third kappa shape index (κ3) is 4.88. The van der Waals surface area contributed by atoms with Crippen LogP contribution in [-0.4, -0.2) is 19.0 Å². The summed E-state index contributed by atoms with van der Waals surface area (Å²) in [6, 6.07) is 3.50. The van der Waals surface area contributed by atoms with Gasteiger partial charge in [0.2, 0.25) is 5.91 Å². The van der Waals surface area contributed by atoms with Crippen molar-refractivity contribution in [1.82, 2.24) is 5.32 Å². The number of hydrogen-bond donors (Lipinski definition) is 1. The van der Waals surface area contributed by atoms with Crippen molar-refractivity contribution >= 4 is 12.0 Å².